The van der Waals surface area contributed by atoms with Crippen LogP contribution in [0.2, 0.25) is 5.02 Å². The van der Waals surface area contributed by atoms with Gasteiger partial charge in [-0.3, -0.25) is 4.57 Å². The van der Waals surface area contributed by atoms with Crippen LogP contribution in [0, 0.1) is 0 Å². The van der Waals surface area contributed by atoms with Crippen molar-refractivity contribution in [1.82, 2.24) is 19.4 Å². The summed E-state index contributed by atoms with van der Waals surface area (Å²) in [6.45, 7) is 10.4. The number of benzene rings is 1. The predicted molar refractivity (Wildman–Crippen MR) is 146 cm³/mol. The Kier molecular flexibility index (Phi) is 6.93. The number of ether oxygens (including phenoxy) is 1. The lowest BCUT2D eigenvalue weighted by molar-refractivity contribution is 0.0159. The molecule has 198 valence electrons. The SMILES string of the molecule is C[C@@H]1CN(c2ncnc3c2c(N2CCC[C@@H]2CO)cn3-c2cccc(Cl)c2)CCN1C(=O)OC(C)(C)C. The van der Waals surface area contributed by atoms with Crippen LogP contribution < -0.4 is 9.80 Å². The fourth-order valence-electron chi connectivity index (χ4n) is 5.39. The molecule has 1 aromatic carbocycles. The molecule has 4 heterocycles. The van der Waals surface area contributed by atoms with Crippen LogP contribution in [-0.4, -0.2) is 81.1 Å². The molecule has 37 heavy (non-hydrogen) atoms. The molecule has 3 aromatic rings. The number of aromatic nitrogens is 3. The normalized spacial score (nSPS) is 20.6. The van der Waals surface area contributed by atoms with Crippen LogP contribution in [0.4, 0.5) is 16.3 Å². The lowest BCUT2D eigenvalue weighted by Crippen LogP contribution is -2.55. The van der Waals surface area contributed by atoms with E-state index < -0.39 is 5.60 Å². The molecular weight excluding hydrogens is 492 g/mol. The molecule has 2 saturated heterocycles. The summed E-state index contributed by atoms with van der Waals surface area (Å²) in [4.78, 5) is 28.5. The molecular formula is C27H35ClN6O3. The van der Waals surface area contributed by atoms with Crippen LogP contribution in [0.15, 0.2) is 36.8 Å². The van der Waals surface area contributed by atoms with Gasteiger partial charge in [0.15, 0.2) is 5.65 Å². The molecule has 0 saturated carbocycles. The number of amides is 1. The molecule has 0 radical (unpaired) electrons. The minimum Gasteiger partial charge on any atom is -0.444 e. The summed E-state index contributed by atoms with van der Waals surface area (Å²) in [5.74, 6) is 0.833. The Bertz CT molecular complexity index is 1290. The number of anilines is 2. The van der Waals surface area contributed by atoms with E-state index in [1.807, 2.05) is 52.0 Å². The highest BCUT2D eigenvalue weighted by molar-refractivity contribution is 6.30. The van der Waals surface area contributed by atoms with Crippen molar-refractivity contribution in [2.45, 2.75) is 58.2 Å². The van der Waals surface area contributed by atoms with Gasteiger partial charge in [-0.2, -0.15) is 0 Å². The van der Waals surface area contributed by atoms with Crippen LogP contribution >= 0.6 is 11.6 Å². The average Bonchev–Trinajstić information content (AvgIpc) is 3.47. The minimum atomic E-state index is -0.538. The first-order chi connectivity index (χ1) is 17.7. The van der Waals surface area contributed by atoms with Crippen LogP contribution in [0.3, 0.4) is 0 Å². The summed E-state index contributed by atoms with van der Waals surface area (Å²) in [7, 11) is 0. The molecule has 0 bridgehead atoms. The van der Waals surface area contributed by atoms with Crippen LogP contribution in [0.1, 0.15) is 40.5 Å². The fraction of sp³-hybridized carbons (Fsp3) is 0.519. The molecule has 5 rings (SSSR count). The van der Waals surface area contributed by atoms with Gasteiger partial charge in [0.2, 0.25) is 0 Å². The molecule has 1 amide bonds. The second-order valence-electron chi connectivity index (χ2n) is 10.9. The molecule has 2 aliphatic heterocycles. The van der Waals surface area contributed by atoms with Crippen molar-refractivity contribution in [3.63, 3.8) is 0 Å². The lowest BCUT2D eigenvalue weighted by Gasteiger charge is -2.41. The monoisotopic (exact) mass is 526 g/mol. The van der Waals surface area contributed by atoms with E-state index >= 15 is 0 Å². The molecule has 0 unspecified atom stereocenters. The molecule has 2 atom stereocenters. The third-order valence-electron chi connectivity index (χ3n) is 7.08. The molecule has 0 aliphatic carbocycles. The van der Waals surface area contributed by atoms with E-state index in [0.29, 0.717) is 24.7 Å². The van der Waals surface area contributed by atoms with Crippen molar-refractivity contribution >= 4 is 40.2 Å². The van der Waals surface area contributed by atoms with Gasteiger partial charge in [-0.05, 0) is 58.7 Å². The smallest absolute Gasteiger partial charge is 0.410 e. The van der Waals surface area contributed by atoms with Crippen molar-refractivity contribution in [2.24, 2.45) is 0 Å². The summed E-state index contributed by atoms with van der Waals surface area (Å²) in [5.41, 5.74) is 2.16. The lowest BCUT2D eigenvalue weighted by atomic mass is 10.1. The standard InChI is InChI=1S/C27H35ClN6O3/c1-18-14-31(11-12-32(18)26(36)37-27(2,3)4)24-23-22(33-10-6-9-21(33)16-35)15-34(25(23)30-17-29-24)20-8-5-7-19(28)13-20/h5,7-8,13,15,17-18,21,35H,6,9-12,14,16H2,1-4H3/t18-,21-/m1/s1. The van der Waals surface area contributed by atoms with E-state index in [0.717, 1.165) is 47.6 Å². The number of hydrogen-bond donors (Lipinski definition) is 1. The zero-order valence-corrected chi connectivity index (χ0v) is 22.6. The van der Waals surface area contributed by atoms with E-state index in [1.54, 1.807) is 11.2 Å². The van der Waals surface area contributed by atoms with Crippen molar-refractivity contribution in [3.05, 3.63) is 41.8 Å². The van der Waals surface area contributed by atoms with E-state index in [4.69, 9.17) is 26.3 Å². The Hall–Kier alpha value is -3.04. The quantitative estimate of drug-likeness (QED) is 0.536. The van der Waals surface area contributed by atoms with Gasteiger partial charge in [-0.1, -0.05) is 17.7 Å². The Balaban J connectivity index is 1.55. The van der Waals surface area contributed by atoms with Gasteiger partial charge in [0.05, 0.1) is 23.7 Å². The highest BCUT2D eigenvalue weighted by Crippen LogP contribution is 2.39. The van der Waals surface area contributed by atoms with Gasteiger partial charge in [0.1, 0.15) is 17.7 Å². The molecule has 10 heteroatoms. The molecule has 1 N–H and O–H groups in total. The topological polar surface area (TPSA) is 87.0 Å². The molecule has 2 fully saturated rings. The number of fused-ring (bicyclic) bond motifs is 1. The summed E-state index contributed by atoms with van der Waals surface area (Å²) in [6.07, 6.45) is 5.35. The fourth-order valence-corrected chi connectivity index (χ4v) is 5.58. The summed E-state index contributed by atoms with van der Waals surface area (Å²) < 4.78 is 7.68. The van der Waals surface area contributed by atoms with Crippen LogP contribution in [0.25, 0.3) is 16.7 Å². The average molecular weight is 527 g/mol. The maximum Gasteiger partial charge on any atom is 0.410 e. The largest absolute Gasteiger partial charge is 0.444 e. The maximum absolute atomic E-state index is 12.8. The molecule has 0 spiro atoms. The second-order valence-corrected chi connectivity index (χ2v) is 11.3. The summed E-state index contributed by atoms with van der Waals surface area (Å²) in [5, 5.41) is 11.7. The third-order valence-corrected chi connectivity index (χ3v) is 7.32. The Labute approximate surface area is 222 Å². The first-order valence-corrected chi connectivity index (χ1v) is 13.3. The van der Waals surface area contributed by atoms with E-state index in [9.17, 15) is 9.90 Å². The molecule has 9 nitrogen and oxygen atoms in total. The minimum absolute atomic E-state index is 0.0504. The third kappa shape index (κ3) is 5.07. The van der Waals surface area contributed by atoms with E-state index in [2.05, 4.69) is 20.6 Å². The number of nitrogens with zero attached hydrogens (tertiary/aromatic N) is 6. The van der Waals surface area contributed by atoms with Gasteiger partial charge < -0.3 is 24.5 Å². The number of carbonyl (C=O) groups excluding carboxylic acids is 1. The summed E-state index contributed by atoms with van der Waals surface area (Å²) in [6, 6.07) is 7.70. The second kappa shape index (κ2) is 10.0. The van der Waals surface area contributed by atoms with Crippen molar-refractivity contribution < 1.29 is 14.6 Å². The molecule has 2 aliphatic rings. The first-order valence-electron chi connectivity index (χ1n) is 12.9. The molecule has 2 aromatic heterocycles. The maximum atomic E-state index is 12.8. The zero-order chi connectivity index (χ0) is 26.3. The number of carbonyl (C=O) groups is 1. The van der Waals surface area contributed by atoms with Crippen molar-refractivity contribution in [1.29, 1.82) is 0 Å². The first kappa shape index (κ1) is 25.6. The summed E-state index contributed by atoms with van der Waals surface area (Å²) >= 11 is 6.33. The van der Waals surface area contributed by atoms with Gasteiger partial charge in [0, 0.05) is 49.1 Å². The van der Waals surface area contributed by atoms with Gasteiger partial charge in [-0.15, -0.1) is 0 Å². The zero-order valence-electron chi connectivity index (χ0n) is 21.9. The number of aliphatic hydroxyl groups excluding tert-OH is 1. The number of rotatable bonds is 4. The van der Waals surface area contributed by atoms with E-state index in [1.165, 1.54) is 0 Å². The Morgan fingerprint density at radius 1 is 1.22 bits per heavy atom. The van der Waals surface area contributed by atoms with E-state index in [-0.39, 0.29) is 24.8 Å². The van der Waals surface area contributed by atoms with Gasteiger partial charge in [-0.25, -0.2) is 14.8 Å². The highest BCUT2D eigenvalue weighted by atomic mass is 35.5. The van der Waals surface area contributed by atoms with Crippen molar-refractivity contribution in [3.8, 4) is 5.69 Å². The van der Waals surface area contributed by atoms with Gasteiger partial charge in [0.25, 0.3) is 0 Å². The van der Waals surface area contributed by atoms with Crippen molar-refractivity contribution in [2.75, 3.05) is 42.6 Å². The Morgan fingerprint density at radius 3 is 2.73 bits per heavy atom. The Morgan fingerprint density at radius 2 is 2.03 bits per heavy atom. The van der Waals surface area contributed by atoms with Gasteiger partial charge >= 0.3 is 6.09 Å². The number of hydrogen-bond acceptors (Lipinski definition) is 7. The number of piperazine rings is 1. The number of halogens is 1. The van der Waals surface area contributed by atoms with Crippen LogP contribution in [0.5, 0.6) is 0 Å². The highest BCUT2D eigenvalue weighted by Gasteiger charge is 2.34. The van der Waals surface area contributed by atoms with Crippen LogP contribution in [-0.2, 0) is 4.74 Å². The number of aliphatic hydroxyl groups is 1. The predicted octanol–water partition coefficient (Wildman–Crippen LogP) is 4.48.